The van der Waals surface area contributed by atoms with Crippen molar-refractivity contribution in [3.63, 3.8) is 0 Å². The molecule has 0 N–H and O–H groups in total. The summed E-state index contributed by atoms with van der Waals surface area (Å²) in [5.74, 6) is 1.77. The normalized spacial score (nSPS) is 23.2. The average Bonchev–Trinajstić information content (AvgIpc) is 3.26. The quantitative estimate of drug-likeness (QED) is 0.388. The molecule has 0 heterocycles. The van der Waals surface area contributed by atoms with E-state index in [4.69, 9.17) is 0 Å². The largest absolute Gasteiger partial charge is 4.00 e. The SMILES string of the molecule is C1=CCC2CC[CH-]C2=C1.C1=CCC2CC[CH-]C2=C1.CC[SiH]CC.[Cl-].[Cl-].[Zr+4]. The first kappa shape index (κ1) is 28.6. The van der Waals surface area contributed by atoms with Crippen LogP contribution in [-0.2, 0) is 26.2 Å². The zero-order valence-corrected chi connectivity index (χ0v) is 21.4. The van der Waals surface area contributed by atoms with Gasteiger partial charge in [0, 0.05) is 9.52 Å². The van der Waals surface area contributed by atoms with Crippen molar-refractivity contribution in [3.8, 4) is 0 Å². The summed E-state index contributed by atoms with van der Waals surface area (Å²) in [6.07, 6.45) is 26.1. The minimum absolute atomic E-state index is 0. The van der Waals surface area contributed by atoms with E-state index in [1.807, 2.05) is 0 Å². The van der Waals surface area contributed by atoms with Crippen LogP contribution in [0, 0.1) is 24.7 Å². The molecule has 26 heavy (non-hydrogen) atoms. The van der Waals surface area contributed by atoms with Crippen LogP contribution in [0.1, 0.15) is 52.4 Å². The van der Waals surface area contributed by atoms with Crippen molar-refractivity contribution in [3.05, 3.63) is 60.4 Å². The van der Waals surface area contributed by atoms with Crippen LogP contribution in [0.25, 0.3) is 0 Å². The van der Waals surface area contributed by atoms with Crippen molar-refractivity contribution in [2.24, 2.45) is 11.8 Å². The molecule has 0 aromatic rings. The summed E-state index contributed by atoms with van der Waals surface area (Å²) in [6, 6.07) is 2.85. The van der Waals surface area contributed by atoms with E-state index >= 15 is 0 Å². The molecule has 2 fully saturated rings. The van der Waals surface area contributed by atoms with Crippen LogP contribution < -0.4 is 24.8 Å². The van der Waals surface area contributed by atoms with Gasteiger partial charge in [-0.3, -0.25) is 0 Å². The van der Waals surface area contributed by atoms with Gasteiger partial charge in [0.2, 0.25) is 0 Å². The first-order valence-electron chi connectivity index (χ1n) is 9.56. The van der Waals surface area contributed by atoms with Gasteiger partial charge in [0.1, 0.15) is 0 Å². The minimum atomic E-state index is 0. The molecule has 0 saturated heterocycles. The first-order valence-corrected chi connectivity index (χ1v) is 11.2. The smallest absolute Gasteiger partial charge is 1.00 e. The Morgan fingerprint density at radius 2 is 1.27 bits per heavy atom. The number of hydrogen-bond acceptors (Lipinski definition) is 0. The van der Waals surface area contributed by atoms with Crippen LogP contribution in [0.15, 0.2) is 47.6 Å². The predicted octanol–water partition coefficient (Wildman–Crippen LogP) is 0.279. The van der Waals surface area contributed by atoms with E-state index in [0.29, 0.717) is 0 Å². The van der Waals surface area contributed by atoms with E-state index in [2.05, 4.69) is 63.1 Å². The van der Waals surface area contributed by atoms with E-state index in [9.17, 15) is 0 Å². The maximum atomic E-state index is 2.37. The Labute approximate surface area is 196 Å². The van der Waals surface area contributed by atoms with Crippen LogP contribution in [-0.4, -0.2) is 9.52 Å². The standard InChI is InChI=1S/2C9H11.C4H11Si.2ClH.Zr/c2*1-2-5-9-7-3-6-8(9)4-1;1-3-5-4-2;;;/h2*1-2,4,6,9H,3,5,7H2;5H,3-4H2,1-2H3;2*1H;/q2*-1;;;;+4/p-2. The Morgan fingerprint density at radius 3 is 1.58 bits per heavy atom. The molecule has 0 amide bonds. The maximum absolute atomic E-state index is 2.37. The molecule has 2 saturated carbocycles. The Balaban J connectivity index is 0. The molecule has 1 radical (unpaired) electrons. The third kappa shape index (κ3) is 10.1. The van der Waals surface area contributed by atoms with Crippen LogP contribution in [0.5, 0.6) is 0 Å². The molecule has 4 heteroatoms. The molecule has 2 atom stereocenters. The van der Waals surface area contributed by atoms with Crippen LogP contribution in [0.2, 0.25) is 12.1 Å². The van der Waals surface area contributed by atoms with Crippen molar-refractivity contribution >= 4 is 9.52 Å². The molecular weight excluding hydrogens is 454 g/mol. The Kier molecular flexibility index (Phi) is 19.2. The summed E-state index contributed by atoms with van der Waals surface area (Å²) >= 11 is 0. The molecular formula is C22H33Cl2SiZr. The summed E-state index contributed by atoms with van der Waals surface area (Å²) in [5.41, 5.74) is 3.16. The fourth-order valence-electron chi connectivity index (χ4n) is 3.62. The zero-order valence-electron chi connectivity index (χ0n) is 16.3. The molecule has 0 spiro atoms. The molecule has 0 nitrogen and oxygen atoms in total. The van der Waals surface area contributed by atoms with Crippen molar-refractivity contribution in [1.29, 1.82) is 0 Å². The zero-order chi connectivity index (χ0) is 16.3. The van der Waals surface area contributed by atoms with Gasteiger partial charge < -0.3 is 24.8 Å². The van der Waals surface area contributed by atoms with Gasteiger partial charge in [-0.25, -0.2) is 36.1 Å². The van der Waals surface area contributed by atoms with E-state index in [1.54, 1.807) is 11.1 Å². The van der Waals surface area contributed by atoms with Crippen molar-refractivity contribution in [1.82, 2.24) is 0 Å². The van der Waals surface area contributed by atoms with E-state index < -0.39 is 0 Å². The second kappa shape index (κ2) is 17.5. The fourth-order valence-corrected chi connectivity index (χ4v) is 4.20. The maximum Gasteiger partial charge on any atom is 4.00 e. The molecule has 4 aliphatic rings. The second-order valence-corrected chi connectivity index (χ2v) is 8.93. The average molecular weight is 488 g/mol. The molecule has 0 aromatic heterocycles. The van der Waals surface area contributed by atoms with Crippen molar-refractivity contribution in [2.45, 2.75) is 64.5 Å². The Bertz CT molecular complexity index is 427. The first-order chi connectivity index (χ1) is 11.3. The van der Waals surface area contributed by atoms with Gasteiger partial charge in [-0.05, 0) is 24.7 Å². The third-order valence-corrected chi connectivity index (χ3v) is 6.16. The Hall–Kier alpha value is 0.380. The van der Waals surface area contributed by atoms with Gasteiger partial charge in [-0.15, -0.1) is 37.1 Å². The topological polar surface area (TPSA) is 0 Å². The van der Waals surface area contributed by atoms with Crippen LogP contribution >= 0.6 is 0 Å². The van der Waals surface area contributed by atoms with Gasteiger partial charge in [-0.2, -0.15) is 0 Å². The van der Waals surface area contributed by atoms with Gasteiger partial charge in [0.25, 0.3) is 0 Å². The number of rotatable bonds is 2. The van der Waals surface area contributed by atoms with E-state index in [-0.39, 0.29) is 51.0 Å². The number of allylic oxidation sites excluding steroid dienone is 8. The molecule has 4 rings (SSSR count). The summed E-state index contributed by atoms with van der Waals surface area (Å²) in [6.45, 7) is 4.50. The summed E-state index contributed by atoms with van der Waals surface area (Å²) in [7, 11) is 0.815. The summed E-state index contributed by atoms with van der Waals surface area (Å²) < 4.78 is 0. The van der Waals surface area contributed by atoms with Crippen molar-refractivity contribution < 1.29 is 51.0 Å². The molecule has 0 bridgehead atoms. The van der Waals surface area contributed by atoms with E-state index in [0.717, 1.165) is 21.4 Å². The second-order valence-electron chi connectivity index (χ2n) is 6.72. The number of halogens is 2. The third-order valence-electron chi connectivity index (χ3n) is 5.00. The molecule has 0 aromatic carbocycles. The predicted molar refractivity (Wildman–Crippen MR) is 106 cm³/mol. The van der Waals surface area contributed by atoms with Gasteiger partial charge in [0.15, 0.2) is 0 Å². The minimum Gasteiger partial charge on any atom is -1.00 e. The fraction of sp³-hybridized carbons (Fsp3) is 0.545. The van der Waals surface area contributed by atoms with Gasteiger partial charge >= 0.3 is 26.2 Å². The van der Waals surface area contributed by atoms with E-state index in [1.165, 1.54) is 50.6 Å². The molecule has 0 aliphatic heterocycles. The van der Waals surface area contributed by atoms with Crippen molar-refractivity contribution in [2.75, 3.05) is 0 Å². The Morgan fingerprint density at radius 1 is 0.846 bits per heavy atom. The molecule has 143 valence electrons. The van der Waals surface area contributed by atoms with Crippen LogP contribution in [0.4, 0.5) is 0 Å². The van der Waals surface area contributed by atoms with Crippen LogP contribution in [0.3, 0.4) is 0 Å². The molecule has 2 unspecified atom stereocenters. The summed E-state index contributed by atoms with van der Waals surface area (Å²) in [4.78, 5) is 0. The van der Waals surface area contributed by atoms with Gasteiger partial charge in [-0.1, -0.05) is 38.8 Å². The molecule has 4 aliphatic carbocycles. The van der Waals surface area contributed by atoms with Gasteiger partial charge in [0.05, 0.1) is 0 Å². The monoisotopic (exact) mass is 485 g/mol. The number of hydrogen-bond donors (Lipinski definition) is 0. The summed E-state index contributed by atoms with van der Waals surface area (Å²) in [5, 5.41) is 0. The number of fused-ring (bicyclic) bond motifs is 2.